The van der Waals surface area contributed by atoms with Gasteiger partial charge in [-0.3, -0.25) is 9.59 Å². The van der Waals surface area contributed by atoms with Crippen molar-refractivity contribution in [2.75, 3.05) is 7.11 Å². The fourth-order valence-corrected chi connectivity index (χ4v) is 4.04. The number of carboxylic acid groups (broad SMARTS) is 1. The minimum atomic E-state index is -1.11. The first-order valence-electron chi connectivity index (χ1n) is 7.14. The molecule has 0 bridgehead atoms. The lowest BCUT2D eigenvalue weighted by molar-refractivity contribution is -0.170. The highest BCUT2D eigenvalue weighted by Gasteiger charge is 2.64. The van der Waals surface area contributed by atoms with Crippen molar-refractivity contribution in [3.8, 4) is 0 Å². The molecule has 2 aliphatic rings. The summed E-state index contributed by atoms with van der Waals surface area (Å²) in [6.07, 6.45) is 5.66. The minimum Gasteiger partial charge on any atom is -0.481 e. The van der Waals surface area contributed by atoms with Crippen molar-refractivity contribution in [3.05, 3.63) is 47.5 Å². The van der Waals surface area contributed by atoms with Gasteiger partial charge >= 0.3 is 11.9 Å². The Morgan fingerprint density at radius 1 is 1.19 bits per heavy atom. The highest BCUT2D eigenvalue weighted by atomic mass is 16.5. The minimum absolute atomic E-state index is 0.367. The normalized spacial score (nSPS) is 30.1. The number of aryl methyl sites for hydroxylation is 1. The molecular weight excluding hydrogens is 268 g/mol. The number of ether oxygens (including phenoxy) is 1. The molecule has 21 heavy (non-hydrogen) atoms. The van der Waals surface area contributed by atoms with Gasteiger partial charge in [0.15, 0.2) is 0 Å². The zero-order chi connectivity index (χ0) is 15.1. The van der Waals surface area contributed by atoms with E-state index < -0.39 is 22.8 Å². The van der Waals surface area contributed by atoms with E-state index in [-0.39, 0.29) is 0 Å². The molecule has 0 unspecified atom stereocenters. The van der Waals surface area contributed by atoms with Crippen LogP contribution in [0.25, 0.3) is 0 Å². The molecular formula is C17H18O4. The first-order valence-corrected chi connectivity index (χ1v) is 7.14. The van der Waals surface area contributed by atoms with Crippen LogP contribution < -0.4 is 0 Å². The number of carbonyl (C=O) groups is 2. The second-order valence-corrected chi connectivity index (χ2v) is 5.82. The van der Waals surface area contributed by atoms with E-state index in [0.29, 0.717) is 25.7 Å². The van der Waals surface area contributed by atoms with E-state index in [0.717, 1.165) is 11.1 Å². The number of hydrogen-bond donors (Lipinski definition) is 1. The van der Waals surface area contributed by atoms with Crippen LogP contribution in [0.15, 0.2) is 36.4 Å². The number of allylic oxidation sites excluding steroid dienone is 2. The van der Waals surface area contributed by atoms with Crippen molar-refractivity contribution in [1.82, 2.24) is 0 Å². The van der Waals surface area contributed by atoms with Gasteiger partial charge in [0.2, 0.25) is 0 Å². The van der Waals surface area contributed by atoms with E-state index >= 15 is 0 Å². The van der Waals surface area contributed by atoms with E-state index in [4.69, 9.17) is 4.74 Å². The Morgan fingerprint density at radius 3 is 2.62 bits per heavy atom. The van der Waals surface area contributed by atoms with Gasteiger partial charge in [0, 0.05) is 0 Å². The molecule has 4 heteroatoms. The van der Waals surface area contributed by atoms with Gasteiger partial charge in [0.25, 0.3) is 0 Å². The molecule has 4 nitrogen and oxygen atoms in total. The summed E-state index contributed by atoms with van der Waals surface area (Å²) in [5.41, 5.74) is -0.356. The lowest BCUT2D eigenvalue weighted by atomic mass is 9.49. The molecule has 0 radical (unpaired) electrons. The van der Waals surface area contributed by atoms with Crippen molar-refractivity contribution < 1.29 is 19.4 Å². The Kier molecular flexibility index (Phi) is 3.12. The van der Waals surface area contributed by atoms with Crippen LogP contribution >= 0.6 is 0 Å². The summed E-state index contributed by atoms with van der Waals surface area (Å²) in [6, 6.07) is 7.64. The zero-order valence-electron chi connectivity index (χ0n) is 12.0. The molecule has 0 aromatic heterocycles. The molecule has 1 aromatic rings. The zero-order valence-corrected chi connectivity index (χ0v) is 12.0. The van der Waals surface area contributed by atoms with E-state index in [1.807, 2.05) is 36.4 Å². The third-order valence-electron chi connectivity index (χ3n) is 5.12. The standard InChI is InChI=1S/C17H18O4/c1-21-15(20)17-10-5-4-9-16(17,14(18)19)11-8-12-6-2-3-7-13(12)17/h2-7H,8-11H2,1H3,(H,18,19)/t16-,17+/m0/s1. The fraction of sp³-hybridized carbons (Fsp3) is 0.412. The smallest absolute Gasteiger partial charge is 0.317 e. The van der Waals surface area contributed by atoms with Crippen molar-refractivity contribution in [3.63, 3.8) is 0 Å². The van der Waals surface area contributed by atoms with Gasteiger partial charge in [0.1, 0.15) is 5.41 Å². The van der Waals surface area contributed by atoms with Crippen LogP contribution in [-0.2, 0) is 26.2 Å². The van der Waals surface area contributed by atoms with Gasteiger partial charge < -0.3 is 9.84 Å². The largest absolute Gasteiger partial charge is 0.481 e. The van der Waals surface area contributed by atoms with Crippen molar-refractivity contribution in [2.45, 2.75) is 31.1 Å². The number of benzene rings is 1. The third kappa shape index (κ3) is 1.62. The SMILES string of the molecule is COC(=O)[C@]12CC=CC[C@@]1(C(=O)O)CCc1ccccc12. The number of fused-ring (bicyclic) bond motifs is 3. The van der Waals surface area contributed by atoms with Gasteiger partial charge in [0.05, 0.1) is 12.5 Å². The van der Waals surface area contributed by atoms with Crippen LogP contribution in [-0.4, -0.2) is 24.2 Å². The highest BCUT2D eigenvalue weighted by molar-refractivity contribution is 5.94. The lowest BCUT2D eigenvalue weighted by Crippen LogP contribution is -2.59. The van der Waals surface area contributed by atoms with Crippen molar-refractivity contribution in [1.29, 1.82) is 0 Å². The summed E-state index contributed by atoms with van der Waals surface area (Å²) in [7, 11) is 1.33. The summed E-state index contributed by atoms with van der Waals surface area (Å²) < 4.78 is 5.05. The van der Waals surface area contributed by atoms with E-state index in [1.165, 1.54) is 7.11 Å². The Labute approximate surface area is 123 Å². The van der Waals surface area contributed by atoms with Crippen LogP contribution in [0.5, 0.6) is 0 Å². The predicted molar refractivity (Wildman–Crippen MR) is 76.9 cm³/mol. The van der Waals surface area contributed by atoms with E-state index in [9.17, 15) is 14.7 Å². The summed E-state index contributed by atoms with van der Waals surface area (Å²) >= 11 is 0. The molecule has 0 amide bonds. The van der Waals surface area contributed by atoms with Crippen LogP contribution in [0.4, 0.5) is 0 Å². The molecule has 0 saturated carbocycles. The molecule has 1 N–H and O–H groups in total. The van der Waals surface area contributed by atoms with Crippen LogP contribution in [0.2, 0.25) is 0 Å². The summed E-state index contributed by atoms with van der Waals surface area (Å²) in [4.78, 5) is 24.8. The van der Waals surface area contributed by atoms with Gasteiger partial charge in [-0.15, -0.1) is 0 Å². The molecule has 2 atom stereocenters. The van der Waals surface area contributed by atoms with Gasteiger partial charge in [-0.25, -0.2) is 0 Å². The predicted octanol–water partition coefficient (Wildman–Crippen LogP) is 2.46. The number of carboxylic acids is 1. The number of carbonyl (C=O) groups excluding carboxylic acids is 1. The highest BCUT2D eigenvalue weighted by Crippen LogP contribution is 2.57. The second kappa shape index (κ2) is 4.72. The Hall–Kier alpha value is -2.10. The molecule has 3 rings (SSSR count). The molecule has 0 aliphatic heterocycles. The first kappa shape index (κ1) is 13.9. The Bertz CT molecular complexity index is 633. The van der Waals surface area contributed by atoms with Gasteiger partial charge in [-0.05, 0) is 36.8 Å². The molecule has 0 heterocycles. The maximum Gasteiger partial charge on any atom is 0.317 e. The first-order chi connectivity index (χ1) is 10.1. The summed E-state index contributed by atoms with van der Waals surface area (Å²) in [5.74, 6) is -1.35. The van der Waals surface area contributed by atoms with Crippen molar-refractivity contribution in [2.24, 2.45) is 5.41 Å². The quantitative estimate of drug-likeness (QED) is 0.670. The molecule has 1 aromatic carbocycles. The monoisotopic (exact) mass is 286 g/mol. The Balaban J connectivity index is 2.33. The van der Waals surface area contributed by atoms with Crippen LogP contribution in [0.3, 0.4) is 0 Å². The van der Waals surface area contributed by atoms with E-state index in [1.54, 1.807) is 0 Å². The van der Waals surface area contributed by atoms with Crippen molar-refractivity contribution >= 4 is 11.9 Å². The summed E-state index contributed by atoms with van der Waals surface area (Å²) in [5, 5.41) is 9.92. The maximum absolute atomic E-state index is 12.7. The average molecular weight is 286 g/mol. The second-order valence-electron chi connectivity index (χ2n) is 5.82. The Morgan fingerprint density at radius 2 is 1.90 bits per heavy atom. The number of aliphatic carboxylic acids is 1. The van der Waals surface area contributed by atoms with Gasteiger partial charge in [-0.1, -0.05) is 36.4 Å². The topological polar surface area (TPSA) is 63.6 Å². The number of rotatable bonds is 2. The third-order valence-corrected chi connectivity index (χ3v) is 5.12. The number of esters is 1. The van der Waals surface area contributed by atoms with Crippen LogP contribution in [0, 0.1) is 5.41 Å². The molecule has 0 fully saturated rings. The molecule has 0 spiro atoms. The number of hydrogen-bond acceptors (Lipinski definition) is 3. The lowest BCUT2D eigenvalue weighted by Gasteiger charge is -2.50. The molecule has 110 valence electrons. The average Bonchev–Trinajstić information content (AvgIpc) is 2.53. The molecule has 2 aliphatic carbocycles. The van der Waals surface area contributed by atoms with E-state index in [2.05, 4.69) is 0 Å². The maximum atomic E-state index is 12.7. The fourth-order valence-electron chi connectivity index (χ4n) is 4.04. The molecule has 0 saturated heterocycles. The van der Waals surface area contributed by atoms with Gasteiger partial charge in [-0.2, -0.15) is 0 Å². The number of methoxy groups -OCH3 is 1. The van der Waals surface area contributed by atoms with Crippen LogP contribution in [0.1, 0.15) is 30.4 Å². The summed E-state index contributed by atoms with van der Waals surface area (Å²) in [6.45, 7) is 0.